The van der Waals surface area contributed by atoms with Gasteiger partial charge in [-0.15, -0.1) is 6.42 Å². The number of aromatic nitrogens is 1. The SMILES string of the molecule is C#CCn1c(=NC(=O)c2ccc(-c3ccccc3)cc2)sc2cc(S(C)(=O)=O)ccc21. The second kappa shape index (κ2) is 8.34. The number of sulfone groups is 1. The number of nitrogens with zero attached hydrogens (tertiary/aromatic N) is 2. The van der Waals surface area contributed by atoms with Gasteiger partial charge in [-0.25, -0.2) is 8.42 Å². The molecule has 0 unspecified atom stereocenters. The van der Waals surface area contributed by atoms with Crippen LogP contribution in [-0.4, -0.2) is 25.1 Å². The van der Waals surface area contributed by atoms with Crippen LogP contribution in [0.5, 0.6) is 0 Å². The maximum Gasteiger partial charge on any atom is 0.279 e. The lowest BCUT2D eigenvalue weighted by molar-refractivity contribution is 0.0998. The third-order valence-electron chi connectivity index (χ3n) is 4.77. The lowest BCUT2D eigenvalue weighted by atomic mass is 10.0. The standard InChI is InChI=1S/C24H18N2O3S2/c1-3-15-26-21-14-13-20(31(2,28)29)16-22(21)30-24(26)25-23(27)19-11-9-18(10-12-19)17-7-5-4-6-8-17/h1,4-14,16H,15H2,2H3. The van der Waals surface area contributed by atoms with Crippen LogP contribution in [0.25, 0.3) is 21.3 Å². The Bertz CT molecular complexity index is 1490. The van der Waals surface area contributed by atoms with Crippen molar-refractivity contribution in [3.05, 3.63) is 83.2 Å². The van der Waals surface area contributed by atoms with Crippen LogP contribution in [0.4, 0.5) is 0 Å². The van der Waals surface area contributed by atoms with E-state index in [4.69, 9.17) is 6.42 Å². The summed E-state index contributed by atoms with van der Waals surface area (Å²) in [7, 11) is -3.34. The first kappa shape index (κ1) is 20.8. The highest BCUT2D eigenvalue weighted by molar-refractivity contribution is 7.90. The Morgan fingerprint density at radius 2 is 1.71 bits per heavy atom. The molecule has 7 heteroatoms. The molecule has 154 valence electrons. The van der Waals surface area contributed by atoms with Gasteiger partial charge in [0.15, 0.2) is 14.6 Å². The zero-order chi connectivity index (χ0) is 22.0. The summed E-state index contributed by atoms with van der Waals surface area (Å²) in [6, 6.07) is 22.0. The number of carbonyl (C=O) groups excluding carboxylic acids is 1. The molecule has 5 nitrogen and oxygen atoms in total. The molecule has 0 aliphatic heterocycles. The van der Waals surface area contributed by atoms with Crippen LogP contribution in [-0.2, 0) is 16.4 Å². The molecule has 0 spiro atoms. The maximum absolute atomic E-state index is 12.8. The van der Waals surface area contributed by atoms with E-state index in [1.165, 1.54) is 17.4 Å². The molecule has 0 radical (unpaired) electrons. The predicted molar refractivity (Wildman–Crippen MR) is 124 cm³/mol. The molecule has 31 heavy (non-hydrogen) atoms. The van der Waals surface area contributed by atoms with Crippen LogP contribution in [0.15, 0.2) is 82.7 Å². The summed E-state index contributed by atoms with van der Waals surface area (Å²) >= 11 is 1.23. The maximum atomic E-state index is 12.8. The zero-order valence-electron chi connectivity index (χ0n) is 16.6. The second-order valence-corrected chi connectivity index (χ2v) is 9.96. The van der Waals surface area contributed by atoms with Crippen molar-refractivity contribution in [2.24, 2.45) is 4.99 Å². The second-order valence-electron chi connectivity index (χ2n) is 6.94. The van der Waals surface area contributed by atoms with E-state index >= 15 is 0 Å². The smallest absolute Gasteiger partial charge is 0.279 e. The number of amides is 1. The van der Waals surface area contributed by atoms with Crippen molar-refractivity contribution in [1.82, 2.24) is 4.57 Å². The van der Waals surface area contributed by atoms with Crippen molar-refractivity contribution in [2.75, 3.05) is 6.26 Å². The van der Waals surface area contributed by atoms with Crippen molar-refractivity contribution in [3.8, 4) is 23.5 Å². The van der Waals surface area contributed by atoms with Gasteiger partial charge in [0.05, 0.1) is 21.7 Å². The van der Waals surface area contributed by atoms with E-state index in [1.54, 1.807) is 28.8 Å². The van der Waals surface area contributed by atoms with Crippen LogP contribution >= 0.6 is 11.3 Å². The van der Waals surface area contributed by atoms with Gasteiger partial charge in [0.25, 0.3) is 5.91 Å². The van der Waals surface area contributed by atoms with Crippen LogP contribution in [0, 0.1) is 12.3 Å². The third kappa shape index (κ3) is 4.36. The van der Waals surface area contributed by atoms with E-state index in [2.05, 4.69) is 10.9 Å². The highest BCUT2D eigenvalue weighted by atomic mass is 32.2. The molecule has 1 heterocycles. The van der Waals surface area contributed by atoms with E-state index in [1.807, 2.05) is 42.5 Å². The lowest BCUT2D eigenvalue weighted by Gasteiger charge is -2.03. The Labute approximate surface area is 184 Å². The van der Waals surface area contributed by atoms with Crippen LogP contribution in [0.1, 0.15) is 10.4 Å². The van der Waals surface area contributed by atoms with Gasteiger partial charge in [-0.2, -0.15) is 4.99 Å². The van der Waals surface area contributed by atoms with Crippen LogP contribution in [0.2, 0.25) is 0 Å². The molecule has 0 atom stereocenters. The summed E-state index contributed by atoms with van der Waals surface area (Å²) in [5.41, 5.74) is 3.27. The highest BCUT2D eigenvalue weighted by Gasteiger charge is 2.13. The predicted octanol–water partition coefficient (Wildman–Crippen LogP) is 4.15. The number of hydrogen-bond donors (Lipinski definition) is 0. The van der Waals surface area contributed by atoms with Gasteiger partial charge in [0, 0.05) is 11.8 Å². The summed E-state index contributed by atoms with van der Waals surface area (Å²) in [6.07, 6.45) is 6.66. The topological polar surface area (TPSA) is 68.5 Å². The van der Waals surface area contributed by atoms with Gasteiger partial charge in [-0.3, -0.25) is 4.79 Å². The number of terminal acetylenes is 1. The minimum atomic E-state index is -3.34. The largest absolute Gasteiger partial charge is 0.305 e. The Kier molecular flexibility index (Phi) is 5.59. The summed E-state index contributed by atoms with van der Waals surface area (Å²) < 4.78 is 26.2. The van der Waals surface area contributed by atoms with Crippen molar-refractivity contribution in [1.29, 1.82) is 0 Å². The molecule has 4 rings (SSSR count). The number of fused-ring (bicyclic) bond motifs is 1. The molecule has 0 saturated carbocycles. The van der Waals surface area contributed by atoms with E-state index in [0.717, 1.165) is 22.9 Å². The van der Waals surface area contributed by atoms with Crippen LogP contribution in [0.3, 0.4) is 0 Å². The average molecular weight is 447 g/mol. The normalized spacial score (nSPS) is 12.1. The van der Waals surface area contributed by atoms with Crippen molar-refractivity contribution < 1.29 is 13.2 Å². The fraction of sp³-hybridized carbons (Fsp3) is 0.0833. The number of benzene rings is 3. The summed E-state index contributed by atoms with van der Waals surface area (Å²) in [6.45, 7) is 0.220. The van der Waals surface area contributed by atoms with E-state index < -0.39 is 9.84 Å². The summed E-state index contributed by atoms with van der Waals surface area (Å²) in [5.74, 6) is 2.18. The van der Waals surface area contributed by atoms with E-state index in [-0.39, 0.29) is 17.3 Å². The van der Waals surface area contributed by atoms with Crippen molar-refractivity contribution in [2.45, 2.75) is 11.4 Å². The van der Waals surface area contributed by atoms with E-state index in [9.17, 15) is 13.2 Å². The first-order valence-corrected chi connectivity index (χ1v) is 12.1. The molecule has 0 N–H and O–H groups in total. The Balaban J connectivity index is 1.75. The molecule has 0 aliphatic rings. The molecule has 1 aromatic heterocycles. The molecule has 0 fully saturated rings. The van der Waals surface area contributed by atoms with Gasteiger partial charge >= 0.3 is 0 Å². The number of carbonyl (C=O) groups is 1. The molecule has 3 aromatic carbocycles. The number of rotatable bonds is 4. The molecule has 0 saturated heterocycles. The summed E-state index contributed by atoms with van der Waals surface area (Å²) in [5, 5.41) is 0. The first-order valence-electron chi connectivity index (χ1n) is 9.38. The Hall–Kier alpha value is -3.47. The van der Waals surface area contributed by atoms with Gasteiger partial charge in [-0.1, -0.05) is 59.7 Å². The number of hydrogen-bond acceptors (Lipinski definition) is 4. The molecular formula is C24H18N2O3S2. The first-order chi connectivity index (χ1) is 14.9. The van der Waals surface area contributed by atoms with Gasteiger partial charge < -0.3 is 4.57 Å². The van der Waals surface area contributed by atoms with E-state index in [0.29, 0.717) is 15.1 Å². The summed E-state index contributed by atoms with van der Waals surface area (Å²) in [4.78, 5) is 17.7. The minimum Gasteiger partial charge on any atom is -0.305 e. The van der Waals surface area contributed by atoms with Crippen LogP contribution < -0.4 is 4.80 Å². The van der Waals surface area contributed by atoms with Gasteiger partial charge in [0.2, 0.25) is 0 Å². The molecule has 4 aromatic rings. The molecule has 0 bridgehead atoms. The fourth-order valence-electron chi connectivity index (χ4n) is 3.20. The highest BCUT2D eigenvalue weighted by Crippen LogP contribution is 2.22. The third-order valence-corrected chi connectivity index (χ3v) is 6.92. The number of thiazole rings is 1. The Morgan fingerprint density at radius 3 is 2.35 bits per heavy atom. The quantitative estimate of drug-likeness (QED) is 0.442. The molecule has 0 aliphatic carbocycles. The average Bonchev–Trinajstić information content (AvgIpc) is 3.10. The fourth-order valence-corrected chi connectivity index (χ4v) is 4.99. The van der Waals surface area contributed by atoms with Crippen molar-refractivity contribution >= 4 is 37.3 Å². The lowest BCUT2D eigenvalue weighted by Crippen LogP contribution is -2.16. The zero-order valence-corrected chi connectivity index (χ0v) is 18.3. The minimum absolute atomic E-state index is 0.212. The Morgan fingerprint density at radius 1 is 1.03 bits per heavy atom. The monoisotopic (exact) mass is 446 g/mol. The molecule has 1 amide bonds. The molecular weight excluding hydrogens is 428 g/mol. The van der Waals surface area contributed by atoms with Gasteiger partial charge in [-0.05, 0) is 41.5 Å². The van der Waals surface area contributed by atoms with Crippen molar-refractivity contribution in [3.63, 3.8) is 0 Å². The van der Waals surface area contributed by atoms with Gasteiger partial charge in [0.1, 0.15) is 0 Å².